The highest BCUT2D eigenvalue weighted by Crippen LogP contribution is 2.21. The maximum atomic E-state index is 12.2. The molecule has 0 bridgehead atoms. The largest absolute Gasteiger partial charge is 0.497 e. The third-order valence-corrected chi connectivity index (χ3v) is 3.35. The summed E-state index contributed by atoms with van der Waals surface area (Å²) in [5.41, 5.74) is 1.41. The maximum Gasteiger partial charge on any atom is 0.194 e. The Balaban J connectivity index is 2.38. The highest BCUT2D eigenvalue weighted by molar-refractivity contribution is 14.1. The van der Waals surface area contributed by atoms with Crippen LogP contribution >= 0.6 is 22.6 Å². The number of ether oxygens (including phenoxy) is 1. The van der Waals surface area contributed by atoms with E-state index < -0.39 is 0 Å². The van der Waals surface area contributed by atoms with Gasteiger partial charge >= 0.3 is 0 Å². The molecule has 3 heteroatoms. The van der Waals surface area contributed by atoms with E-state index in [2.05, 4.69) is 22.6 Å². The van der Waals surface area contributed by atoms with Gasteiger partial charge in [0.05, 0.1) is 7.11 Å². The number of hydrogen-bond donors (Lipinski definition) is 0. The molecule has 0 aliphatic carbocycles. The highest BCUT2D eigenvalue weighted by atomic mass is 127. The smallest absolute Gasteiger partial charge is 0.194 e. The zero-order chi connectivity index (χ0) is 12.3. The molecule has 2 rings (SSSR count). The molecule has 0 atom stereocenters. The van der Waals surface area contributed by atoms with Crippen molar-refractivity contribution >= 4 is 28.4 Å². The first-order chi connectivity index (χ1) is 8.22. The Morgan fingerprint density at radius 3 is 2.41 bits per heavy atom. The molecular weight excluding hydrogens is 327 g/mol. The maximum absolute atomic E-state index is 12.2. The number of methoxy groups -OCH3 is 1. The lowest BCUT2D eigenvalue weighted by Crippen LogP contribution is -2.03. The number of halogens is 1. The Morgan fingerprint density at radius 1 is 1.12 bits per heavy atom. The van der Waals surface area contributed by atoms with Crippen LogP contribution in [-0.2, 0) is 0 Å². The number of hydrogen-bond acceptors (Lipinski definition) is 2. The molecule has 0 unspecified atom stereocenters. The van der Waals surface area contributed by atoms with Gasteiger partial charge in [0.2, 0.25) is 0 Å². The number of ketones is 1. The normalized spacial score (nSPS) is 10.0. The molecule has 86 valence electrons. The summed E-state index contributed by atoms with van der Waals surface area (Å²) in [5, 5.41) is 0. The molecule has 0 aromatic heterocycles. The van der Waals surface area contributed by atoms with E-state index in [1.807, 2.05) is 36.4 Å². The van der Waals surface area contributed by atoms with Gasteiger partial charge in [-0.05, 0) is 40.8 Å². The van der Waals surface area contributed by atoms with Gasteiger partial charge in [-0.2, -0.15) is 0 Å². The topological polar surface area (TPSA) is 26.3 Å². The van der Waals surface area contributed by atoms with Crippen LogP contribution in [0.1, 0.15) is 15.9 Å². The molecule has 0 amide bonds. The molecule has 2 aromatic carbocycles. The van der Waals surface area contributed by atoms with E-state index >= 15 is 0 Å². The minimum Gasteiger partial charge on any atom is -0.497 e. The lowest BCUT2D eigenvalue weighted by Gasteiger charge is -2.06. The average Bonchev–Trinajstić information content (AvgIpc) is 2.39. The van der Waals surface area contributed by atoms with Crippen molar-refractivity contribution in [3.8, 4) is 5.75 Å². The molecule has 0 N–H and O–H groups in total. The predicted molar refractivity (Wildman–Crippen MR) is 75.6 cm³/mol. The highest BCUT2D eigenvalue weighted by Gasteiger charge is 2.12. The molecule has 0 spiro atoms. The standard InChI is InChI=1S/C14H11IO2/c1-17-11-7-8-12(13(15)9-11)14(16)10-5-3-2-4-6-10/h2-9H,1H3. The van der Waals surface area contributed by atoms with E-state index in [-0.39, 0.29) is 5.78 Å². The monoisotopic (exact) mass is 338 g/mol. The van der Waals surface area contributed by atoms with E-state index in [9.17, 15) is 4.79 Å². The van der Waals surface area contributed by atoms with E-state index in [0.717, 1.165) is 9.32 Å². The van der Waals surface area contributed by atoms with Gasteiger partial charge in [0.1, 0.15) is 5.75 Å². The minimum atomic E-state index is 0.0395. The SMILES string of the molecule is COc1ccc(C(=O)c2ccccc2)c(I)c1. The van der Waals surface area contributed by atoms with E-state index in [1.54, 1.807) is 19.2 Å². The second-order valence-electron chi connectivity index (χ2n) is 3.54. The first-order valence-electron chi connectivity index (χ1n) is 5.15. The Bertz CT molecular complexity index is 535. The summed E-state index contributed by atoms with van der Waals surface area (Å²) in [7, 11) is 1.62. The third kappa shape index (κ3) is 2.66. The van der Waals surface area contributed by atoms with Gasteiger partial charge in [-0.25, -0.2) is 0 Å². The van der Waals surface area contributed by atoms with Crippen LogP contribution in [-0.4, -0.2) is 12.9 Å². The van der Waals surface area contributed by atoms with Crippen LogP contribution < -0.4 is 4.74 Å². The van der Waals surface area contributed by atoms with Crippen molar-refractivity contribution in [3.05, 3.63) is 63.2 Å². The van der Waals surface area contributed by atoms with Crippen molar-refractivity contribution in [1.82, 2.24) is 0 Å². The number of carbonyl (C=O) groups is 1. The molecule has 0 saturated heterocycles. The second kappa shape index (κ2) is 5.31. The van der Waals surface area contributed by atoms with Gasteiger partial charge in [0.25, 0.3) is 0 Å². The van der Waals surface area contributed by atoms with Gasteiger partial charge in [-0.15, -0.1) is 0 Å². The van der Waals surface area contributed by atoms with Crippen molar-refractivity contribution in [3.63, 3.8) is 0 Å². The summed E-state index contributed by atoms with van der Waals surface area (Å²) >= 11 is 2.15. The molecular formula is C14H11IO2. The van der Waals surface area contributed by atoms with Crippen molar-refractivity contribution < 1.29 is 9.53 Å². The van der Waals surface area contributed by atoms with Crippen molar-refractivity contribution in [2.75, 3.05) is 7.11 Å². The minimum absolute atomic E-state index is 0.0395. The Morgan fingerprint density at radius 2 is 1.82 bits per heavy atom. The fourth-order valence-corrected chi connectivity index (χ4v) is 2.28. The second-order valence-corrected chi connectivity index (χ2v) is 4.70. The molecule has 0 aliphatic heterocycles. The van der Waals surface area contributed by atoms with Crippen molar-refractivity contribution in [2.45, 2.75) is 0 Å². The summed E-state index contributed by atoms with van der Waals surface area (Å²) in [6.45, 7) is 0. The van der Waals surface area contributed by atoms with Crippen LogP contribution in [0.5, 0.6) is 5.75 Å². The van der Waals surface area contributed by atoms with Gasteiger partial charge in [-0.3, -0.25) is 4.79 Å². The van der Waals surface area contributed by atoms with E-state index in [1.165, 1.54) is 0 Å². The van der Waals surface area contributed by atoms with E-state index in [4.69, 9.17) is 4.74 Å². The fourth-order valence-electron chi connectivity index (χ4n) is 1.55. The van der Waals surface area contributed by atoms with Crippen LogP contribution in [0.15, 0.2) is 48.5 Å². The van der Waals surface area contributed by atoms with Gasteiger partial charge in [0.15, 0.2) is 5.78 Å². The Labute approximate surface area is 114 Å². The first kappa shape index (κ1) is 12.1. The summed E-state index contributed by atoms with van der Waals surface area (Å²) < 4.78 is 6.02. The number of rotatable bonds is 3. The summed E-state index contributed by atoms with van der Waals surface area (Å²) in [4.78, 5) is 12.2. The molecule has 0 heterocycles. The van der Waals surface area contributed by atoms with Crippen molar-refractivity contribution in [1.29, 1.82) is 0 Å². The Hall–Kier alpha value is -1.36. The molecule has 0 radical (unpaired) electrons. The fraction of sp³-hybridized carbons (Fsp3) is 0.0714. The third-order valence-electron chi connectivity index (χ3n) is 2.46. The lowest BCUT2D eigenvalue weighted by atomic mass is 10.0. The average molecular weight is 338 g/mol. The van der Waals surface area contributed by atoms with E-state index in [0.29, 0.717) is 11.1 Å². The van der Waals surface area contributed by atoms with Crippen LogP contribution in [0, 0.1) is 3.57 Å². The molecule has 2 nitrogen and oxygen atoms in total. The van der Waals surface area contributed by atoms with Crippen LogP contribution in [0.4, 0.5) is 0 Å². The molecule has 0 saturated carbocycles. The number of carbonyl (C=O) groups excluding carboxylic acids is 1. The van der Waals surface area contributed by atoms with Crippen LogP contribution in [0.3, 0.4) is 0 Å². The number of benzene rings is 2. The zero-order valence-corrected chi connectivity index (χ0v) is 11.5. The van der Waals surface area contributed by atoms with Crippen LogP contribution in [0.25, 0.3) is 0 Å². The Kier molecular flexibility index (Phi) is 3.78. The first-order valence-corrected chi connectivity index (χ1v) is 6.23. The zero-order valence-electron chi connectivity index (χ0n) is 9.31. The summed E-state index contributed by atoms with van der Waals surface area (Å²) in [6, 6.07) is 14.7. The molecule has 0 aliphatic rings. The van der Waals surface area contributed by atoms with Gasteiger partial charge in [0, 0.05) is 14.7 Å². The molecule has 0 fully saturated rings. The van der Waals surface area contributed by atoms with Crippen LogP contribution in [0.2, 0.25) is 0 Å². The predicted octanol–water partition coefficient (Wildman–Crippen LogP) is 3.53. The summed E-state index contributed by atoms with van der Waals surface area (Å²) in [5.74, 6) is 0.802. The quantitative estimate of drug-likeness (QED) is 0.632. The van der Waals surface area contributed by atoms with Crippen molar-refractivity contribution in [2.24, 2.45) is 0 Å². The lowest BCUT2D eigenvalue weighted by molar-refractivity contribution is 0.103. The molecule has 2 aromatic rings. The van der Waals surface area contributed by atoms with Gasteiger partial charge in [-0.1, -0.05) is 30.3 Å². The summed E-state index contributed by atoms with van der Waals surface area (Å²) in [6.07, 6.45) is 0. The van der Waals surface area contributed by atoms with Gasteiger partial charge < -0.3 is 4.74 Å². The molecule has 17 heavy (non-hydrogen) atoms.